The lowest BCUT2D eigenvalue weighted by atomic mass is 10.1. The van der Waals surface area contributed by atoms with Crippen LogP contribution in [0.15, 0.2) is 0 Å². The van der Waals surface area contributed by atoms with Gasteiger partial charge in [-0.2, -0.15) is 0 Å². The number of hydrogen-bond acceptors (Lipinski definition) is 3. The zero-order valence-corrected chi connectivity index (χ0v) is 11.7. The first-order valence-electron chi connectivity index (χ1n) is 7.36. The second kappa shape index (κ2) is 9.86. The van der Waals surface area contributed by atoms with Crippen LogP contribution in [-0.4, -0.2) is 50.3 Å². The van der Waals surface area contributed by atoms with Crippen LogP contribution in [0.4, 0.5) is 0 Å². The SMILES string of the molecule is CCCCCCC(C)NCCN1CCOCC1. The average Bonchev–Trinajstić information content (AvgIpc) is 2.36. The molecule has 1 aliphatic heterocycles. The zero-order chi connectivity index (χ0) is 12.3. The quantitative estimate of drug-likeness (QED) is 0.628. The molecule has 1 atom stereocenters. The predicted molar refractivity (Wildman–Crippen MR) is 73.5 cm³/mol. The lowest BCUT2D eigenvalue weighted by molar-refractivity contribution is 0.0381. The molecule has 17 heavy (non-hydrogen) atoms. The molecule has 0 amide bonds. The van der Waals surface area contributed by atoms with E-state index in [9.17, 15) is 0 Å². The molecule has 1 unspecified atom stereocenters. The summed E-state index contributed by atoms with van der Waals surface area (Å²) in [6.45, 7) is 10.9. The number of unbranched alkanes of at least 4 members (excludes halogenated alkanes) is 3. The first-order valence-corrected chi connectivity index (χ1v) is 7.36. The van der Waals surface area contributed by atoms with E-state index in [2.05, 4.69) is 24.1 Å². The van der Waals surface area contributed by atoms with Crippen LogP contribution in [0, 0.1) is 0 Å². The van der Waals surface area contributed by atoms with E-state index < -0.39 is 0 Å². The van der Waals surface area contributed by atoms with Crippen LogP contribution in [0.2, 0.25) is 0 Å². The molecule has 3 nitrogen and oxygen atoms in total. The highest BCUT2D eigenvalue weighted by atomic mass is 16.5. The van der Waals surface area contributed by atoms with Crippen LogP contribution >= 0.6 is 0 Å². The lowest BCUT2D eigenvalue weighted by Gasteiger charge is -2.27. The fourth-order valence-electron chi connectivity index (χ4n) is 2.27. The third-order valence-electron chi connectivity index (χ3n) is 3.52. The van der Waals surface area contributed by atoms with Gasteiger partial charge in [-0.3, -0.25) is 4.90 Å². The van der Waals surface area contributed by atoms with Gasteiger partial charge in [0.15, 0.2) is 0 Å². The summed E-state index contributed by atoms with van der Waals surface area (Å²) in [6.07, 6.45) is 6.81. The van der Waals surface area contributed by atoms with Crippen molar-refractivity contribution in [2.75, 3.05) is 39.4 Å². The molecule has 0 radical (unpaired) electrons. The van der Waals surface area contributed by atoms with Crippen molar-refractivity contribution in [3.63, 3.8) is 0 Å². The van der Waals surface area contributed by atoms with Gasteiger partial charge in [-0.25, -0.2) is 0 Å². The molecule has 102 valence electrons. The largest absolute Gasteiger partial charge is 0.379 e. The minimum Gasteiger partial charge on any atom is -0.379 e. The summed E-state index contributed by atoms with van der Waals surface area (Å²) in [7, 11) is 0. The van der Waals surface area contributed by atoms with Crippen molar-refractivity contribution in [2.45, 2.75) is 52.0 Å². The topological polar surface area (TPSA) is 24.5 Å². The van der Waals surface area contributed by atoms with Crippen LogP contribution < -0.4 is 5.32 Å². The molecule has 0 bridgehead atoms. The van der Waals surface area contributed by atoms with E-state index in [1.807, 2.05) is 0 Å². The number of hydrogen-bond donors (Lipinski definition) is 1. The van der Waals surface area contributed by atoms with Gasteiger partial charge < -0.3 is 10.1 Å². The van der Waals surface area contributed by atoms with E-state index >= 15 is 0 Å². The first-order chi connectivity index (χ1) is 8.33. The van der Waals surface area contributed by atoms with Crippen LogP contribution in [-0.2, 0) is 4.74 Å². The number of nitrogens with one attached hydrogen (secondary N) is 1. The van der Waals surface area contributed by atoms with Crippen LogP contribution in [0.5, 0.6) is 0 Å². The van der Waals surface area contributed by atoms with Crippen molar-refractivity contribution in [3.05, 3.63) is 0 Å². The van der Waals surface area contributed by atoms with Gasteiger partial charge in [0.05, 0.1) is 13.2 Å². The van der Waals surface area contributed by atoms with E-state index in [1.54, 1.807) is 0 Å². The molecular formula is C14H30N2O. The number of nitrogens with zero attached hydrogens (tertiary/aromatic N) is 1. The van der Waals surface area contributed by atoms with Crippen molar-refractivity contribution < 1.29 is 4.74 Å². The van der Waals surface area contributed by atoms with E-state index in [0.29, 0.717) is 6.04 Å². The van der Waals surface area contributed by atoms with Gasteiger partial charge in [-0.15, -0.1) is 0 Å². The molecule has 0 aromatic rings. The lowest BCUT2D eigenvalue weighted by Crippen LogP contribution is -2.41. The second-order valence-corrected chi connectivity index (χ2v) is 5.16. The van der Waals surface area contributed by atoms with Gasteiger partial charge in [0.25, 0.3) is 0 Å². The van der Waals surface area contributed by atoms with Gasteiger partial charge in [0.2, 0.25) is 0 Å². The van der Waals surface area contributed by atoms with Gasteiger partial charge in [-0.05, 0) is 13.3 Å². The Hall–Kier alpha value is -0.120. The molecular weight excluding hydrogens is 212 g/mol. The highest BCUT2D eigenvalue weighted by molar-refractivity contribution is 4.66. The summed E-state index contributed by atoms with van der Waals surface area (Å²) in [5.74, 6) is 0. The summed E-state index contributed by atoms with van der Waals surface area (Å²) >= 11 is 0. The highest BCUT2D eigenvalue weighted by Gasteiger charge is 2.09. The molecule has 0 saturated carbocycles. The fraction of sp³-hybridized carbons (Fsp3) is 1.00. The Morgan fingerprint density at radius 2 is 1.94 bits per heavy atom. The van der Waals surface area contributed by atoms with Crippen LogP contribution in [0.3, 0.4) is 0 Å². The molecule has 1 aliphatic rings. The first kappa shape index (κ1) is 14.9. The Morgan fingerprint density at radius 1 is 1.18 bits per heavy atom. The number of ether oxygens (including phenoxy) is 1. The van der Waals surface area contributed by atoms with Crippen molar-refractivity contribution in [3.8, 4) is 0 Å². The van der Waals surface area contributed by atoms with E-state index in [0.717, 1.165) is 32.8 Å². The minimum absolute atomic E-state index is 0.674. The summed E-state index contributed by atoms with van der Waals surface area (Å²) < 4.78 is 5.34. The normalized spacial score (nSPS) is 19.4. The van der Waals surface area contributed by atoms with Gasteiger partial charge in [-0.1, -0.05) is 32.6 Å². The third-order valence-corrected chi connectivity index (χ3v) is 3.52. The molecule has 1 fully saturated rings. The molecule has 0 aromatic carbocycles. The maximum Gasteiger partial charge on any atom is 0.0594 e. The van der Waals surface area contributed by atoms with Crippen molar-refractivity contribution in [1.82, 2.24) is 10.2 Å². The molecule has 1 heterocycles. The maximum atomic E-state index is 5.34. The van der Waals surface area contributed by atoms with Crippen molar-refractivity contribution >= 4 is 0 Å². The molecule has 3 heteroatoms. The molecule has 1 saturated heterocycles. The fourth-order valence-corrected chi connectivity index (χ4v) is 2.27. The number of morpholine rings is 1. The molecule has 0 aliphatic carbocycles. The molecule has 0 spiro atoms. The van der Waals surface area contributed by atoms with Crippen LogP contribution in [0.25, 0.3) is 0 Å². The van der Waals surface area contributed by atoms with Gasteiger partial charge in [0, 0.05) is 32.2 Å². The Balaban J connectivity index is 1.90. The van der Waals surface area contributed by atoms with E-state index in [1.165, 1.54) is 38.6 Å². The summed E-state index contributed by atoms with van der Waals surface area (Å²) in [6, 6.07) is 0.674. The Kier molecular flexibility index (Phi) is 8.67. The molecule has 1 rings (SSSR count). The Bertz CT molecular complexity index is 170. The zero-order valence-electron chi connectivity index (χ0n) is 11.7. The monoisotopic (exact) mass is 242 g/mol. The standard InChI is InChI=1S/C14H30N2O/c1-3-4-5-6-7-14(2)15-8-9-16-10-12-17-13-11-16/h14-15H,3-13H2,1-2H3. The summed E-state index contributed by atoms with van der Waals surface area (Å²) in [5.41, 5.74) is 0. The van der Waals surface area contributed by atoms with Gasteiger partial charge >= 0.3 is 0 Å². The van der Waals surface area contributed by atoms with Crippen LogP contribution in [0.1, 0.15) is 46.0 Å². The Labute approximate surface area is 107 Å². The van der Waals surface area contributed by atoms with Gasteiger partial charge in [0.1, 0.15) is 0 Å². The summed E-state index contributed by atoms with van der Waals surface area (Å²) in [5, 5.41) is 3.62. The second-order valence-electron chi connectivity index (χ2n) is 5.16. The highest BCUT2D eigenvalue weighted by Crippen LogP contribution is 2.05. The average molecular weight is 242 g/mol. The van der Waals surface area contributed by atoms with Crippen molar-refractivity contribution in [1.29, 1.82) is 0 Å². The summed E-state index contributed by atoms with van der Waals surface area (Å²) in [4.78, 5) is 2.49. The van der Waals surface area contributed by atoms with E-state index in [-0.39, 0.29) is 0 Å². The third kappa shape index (κ3) is 7.74. The predicted octanol–water partition coefficient (Wildman–Crippen LogP) is 2.27. The Morgan fingerprint density at radius 3 is 2.65 bits per heavy atom. The molecule has 1 N–H and O–H groups in total. The molecule has 0 aromatic heterocycles. The smallest absolute Gasteiger partial charge is 0.0594 e. The minimum atomic E-state index is 0.674. The number of rotatable bonds is 9. The van der Waals surface area contributed by atoms with E-state index in [4.69, 9.17) is 4.74 Å². The van der Waals surface area contributed by atoms with Crippen molar-refractivity contribution in [2.24, 2.45) is 0 Å². The maximum absolute atomic E-state index is 5.34.